The van der Waals surface area contributed by atoms with Crippen molar-refractivity contribution in [3.63, 3.8) is 0 Å². The van der Waals surface area contributed by atoms with Crippen LogP contribution in [0.5, 0.6) is 0 Å². The minimum absolute atomic E-state index is 0.0263. The number of carboxylic acids is 1. The molecule has 0 saturated carbocycles. The molecule has 0 heterocycles. The van der Waals surface area contributed by atoms with Crippen molar-refractivity contribution in [3.8, 4) is 0 Å². The van der Waals surface area contributed by atoms with Gasteiger partial charge in [-0.1, -0.05) is 36.8 Å². The highest BCUT2D eigenvalue weighted by atomic mass is 32.2. The minimum atomic E-state index is -0.822. The zero-order valence-electron chi connectivity index (χ0n) is 12.6. The summed E-state index contributed by atoms with van der Waals surface area (Å²) in [5.74, 6) is 0.142. The predicted molar refractivity (Wildman–Crippen MR) is 86.8 cm³/mol. The SMILES string of the molecule is CCC(CC(=O)NCCSCC(=O)O)c1ccc(C)cc1. The van der Waals surface area contributed by atoms with Gasteiger partial charge in [0.25, 0.3) is 0 Å². The van der Waals surface area contributed by atoms with Crippen LogP contribution in [0.2, 0.25) is 0 Å². The zero-order chi connectivity index (χ0) is 15.7. The summed E-state index contributed by atoms with van der Waals surface area (Å²) in [5, 5.41) is 11.4. The number of thioether (sulfide) groups is 1. The Bertz CT molecular complexity index is 459. The largest absolute Gasteiger partial charge is 0.481 e. The smallest absolute Gasteiger partial charge is 0.313 e. The molecule has 1 atom stereocenters. The fraction of sp³-hybridized carbons (Fsp3) is 0.500. The van der Waals surface area contributed by atoms with Crippen LogP contribution in [0.4, 0.5) is 0 Å². The number of rotatable bonds is 9. The van der Waals surface area contributed by atoms with Crippen LogP contribution in [0.15, 0.2) is 24.3 Å². The van der Waals surface area contributed by atoms with Crippen molar-refractivity contribution < 1.29 is 14.7 Å². The molecular formula is C16H23NO3S. The molecule has 0 fully saturated rings. The predicted octanol–water partition coefficient (Wildman–Crippen LogP) is 2.81. The van der Waals surface area contributed by atoms with Gasteiger partial charge in [-0.2, -0.15) is 0 Å². The highest BCUT2D eigenvalue weighted by Gasteiger charge is 2.13. The number of carboxylic acid groups (broad SMARTS) is 1. The van der Waals surface area contributed by atoms with Gasteiger partial charge in [0, 0.05) is 18.7 Å². The second-order valence-corrected chi connectivity index (χ2v) is 6.12. The quantitative estimate of drug-likeness (QED) is 0.688. The fourth-order valence-corrected chi connectivity index (χ4v) is 2.62. The third-order valence-electron chi connectivity index (χ3n) is 3.27. The molecule has 0 aliphatic carbocycles. The number of hydrogen-bond acceptors (Lipinski definition) is 3. The number of carbonyl (C=O) groups is 2. The number of nitrogens with one attached hydrogen (secondary N) is 1. The van der Waals surface area contributed by atoms with Crippen molar-refractivity contribution in [1.29, 1.82) is 0 Å². The lowest BCUT2D eigenvalue weighted by molar-refractivity contribution is -0.133. The first-order valence-electron chi connectivity index (χ1n) is 7.15. The molecule has 1 rings (SSSR count). The fourth-order valence-electron chi connectivity index (χ4n) is 2.05. The van der Waals surface area contributed by atoms with E-state index in [2.05, 4.69) is 36.5 Å². The standard InChI is InChI=1S/C16H23NO3S/c1-3-13(14-6-4-12(2)5-7-14)10-15(18)17-8-9-21-11-16(19)20/h4-7,13H,3,8-11H2,1-2H3,(H,17,18)(H,19,20). The molecule has 1 amide bonds. The van der Waals surface area contributed by atoms with Gasteiger partial charge in [-0.15, -0.1) is 11.8 Å². The molecule has 0 saturated heterocycles. The van der Waals surface area contributed by atoms with E-state index < -0.39 is 5.97 Å². The third-order valence-corrected chi connectivity index (χ3v) is 4.21. The molecule has 1 aromatic rings. The molecular weight excluding hydrogens is 286 g/mol. The van der Waals surface area contributed by atoms with Crippen molar-refractivity contribution >= 4 is 23.6 Å². The van der Waals surface area contributed by atoms with Crippen LogP contribution < -0.4 is 5.32 Å². The molecule has 0 aliphatic rings. The summed E-state index contributed by atoms with van der Waals surface area (Å²) in [6, 6.07) is 8.30. The summed E-state index contributed by atoms with van der Waals surface area (Å²) in [7, 11) is 0. The van der Waals surface area contributed by atoms with E-state index in [0.29, 0.717) is 18.7 Å². The molecule has 2 N–H and O–H groups in total. The second-order valence-electron chi connectivity index (χ2n) is 5.02. The van der Waals surface area contributed by atoms with E-state index in [1.165, 1.54) is 22.9 Å². The molecule has 0 spiro atoms. The van der Waals surface area contributed by atoms with E-state index in [9.17, 15) is 9.59 Å². The summed E-state index contributed by atoms with van der Waals surface area (Å²) in [6.07, 6.45) is 1.40. The summed E-state index contributed by atoms with van der Waals surface area (Å²) in [5.41, 5.74) is 2.41. The minimum Gasteiger partial charge on any atom is -0.481 e. The maximum atomic E-state index is 11.9. The van der Waals surface area contributed by atoms with Gasteiger partial charge in [0.05, 0.1) is 5.75 Å². The van der Waals surface area contributed by atoms with Crippen LogP contribution in [0.25, 0.3) is 0 Å². The second kappa shape index (κ2) is 9.45. The van der Waals surface area contributed by atoms with E-state index in [1.54, 1.807) is 0 Å². The average Bonchev–Trinajstić information content (AvgIpc) is 2.45. The molecule has 0 aliphatic heterocycles. The summed E-state index contributed by atoms with van der Waals surface area (Å²) in [6.45, 7) is 4.65. The third kappa shape index (κ3) is 7.18. The number of amides is 1. The molecule has 5 heteroatoms. The van der Waals surface area contributed by atoms with E-state index in [0.717, 1.165) is 6.42 Å². The topological polar surface area (TPSA) is 66.4 Å². The van der Waals surface area contributed by atoms with Crippen LogP contribution in [0.1, 0.15) is 36.8 Å². The van der Waals surface area contributed by atoms with Crippen LogP contribution in [-0.2, 0) is 9.59 Å². The molecule has 0 aromatic heterocycles. The maximum absolute atomic E-state index is 11.9. The number of hydrogen-bond donors (Lipinski definition) is 2. The lowest BCUT2D eigenvalue weighted by atomic mass is 9.92. The molecule has 1 unspecified atom stereocenters. The maximum Gasteiger partial charge on any atom is 0.313 e. The molecule has 1 aromatic carbocycles. The van der Waals surface area contributed by atoms with Gasteiger partial charge >= 0.3 is 5.97 Å². The molecule has 0 radical (unpaired) electrons. The number of benzene rings is 1. The van der Waals surface area contributed by atoms with Crippen molar-refractivity contribution in [3.05, 3.63) is 35.4 Å². The van der Waals surface area contributed by atoms with Gasteiger partial charge in [-0.3, -0.25) is 9.59 Å². The van der Waals surface area contributed by atoms with Gasteiger partial charge in [0.1, 0.15) is 0 Å². The zero-order valence-corrected chi connectivity index (χ0v) is 13.4. The lowest BCUT2D eigenvalue weighted by Crippen LogP contribution is -2.27. The van der Waals surface area contributed by atoms with Crippen molar-refractivity contribution in [2.75, 3.05) is 18.1 Å². The number of aliphatic carboxylic acids is 1. The Hall–Kier alpha value is -1.49. The Morgan fingerprint density at radius 2 is 1.95 bits per heavy atom. The Kier molecular flexibility index (Phi) is 7.90. The first kappa shape index (κ1) is 17.6. The van der Waals surface area contributed by atoms with Crippen molar-refractivity contribution in [2.24, 2.45) is 0 Å². The van der Waals surface area contributed by atoms with Gasteiger partial charge in [0.15, 0.2) is 0 Å². The molecule has 0 bridgehead atoms. The van der Waals surface area contributed by atoms with Gasteiger partial charge in [0.2, 0.25) is 5.91 Å². The Labute approximate surface area is 130 Å². The summed E-state index contributed by atoms with van der Waals surface area (Å²) >= 11 is 1.31. The van der Waals surface area contributed by atoms with E-state index in [-0.39, 0.29) is 17.6 Å². The van der Waals surface area contributed by atoms with E-state index in [1.807, 2.05) is 6.92 Å². The van der Waals surface area contributed by atoms with Gasteiger partial charge < -0.3 is 10.4 Å². The van der Waals surface area contributed by atoms with Crippen molar-refractivity contribution in [1.82, 2.24) is 5.32 Å². The molecule has 4 nitrogen and oxygen atoms in total. The van der Waals surface area contributed by atoms with Crippen LogP contribution in [0, 0.1) is 6.92 Å². The Morgan fingerprint density at radius 1 is 1.29 bits per heavy atom. The first-order chi connectivity index (χ1) is 10.0. The monoisotopic (exact) mass is 309 g/mol. The number of aryl methyl sites for hydroxylation is 1. The highest BCUT2D eigenvalue weighted by Crippen LogP contribution is 2.23. The van der Waals surface area contributed by atoms with Crippen LogP contribution >= 0.6 is 11.8 Å². The van der Waals surface area contributed by atoms with Crippen molar-refractivity contribution in [2.45, 2.75) is 32.6 Å². The lowest BCUT2D eigenvalue weighted by Gasteiger charge is -2.15. The first-order valence-corrected chi connectivity index (χ1v) is 8.31. The van der Waals surface area contributed by atoms with Gasteiger partial charge in [-0.05, 0) is 24.8 Å². The Morgan fingerprint density at radius 3 is 2.52 bits per heavy atom. The average molecular weight is 309 g/mol. The van der Waals surface area contributed by atoms with Gasteiger partial charge in [-0.25, -0.2) is 0 Å². The van der Waals surface area contributed by atoms with Crippen LogP contribution in [0.3, 0.4) is 0 Å². The number of carbonyl (C=O) groups excluding carboxylic acids is 1. The van der Waals surface area contributed by atoms with E-state index >= 15 is 0 Å². The van der Waals surface area contributed by atoms with E-state index in [4.69, 9.17) is 5.11 Å². The highest BCUT2D eigenvalue weighted by molar-refractivity contribution is 7.99. The summed E-state index contributed by atoms with van der Waals surface area (Å²) < 4.78 is 0. The summed E-state index contributed by atoms with van der Waals surface area (Å²) in [4.78, 5) is 22.3. The molecule has 21 heavy (non-hydrogen) atoms. The normalized spacial score (nSPS) is 11.9. The Balaban J connectivity index is 2.34. The molecule has 116 valence electrons. The van der Waals surface area contributed by atoms with Crippen LogP contribution in [-0.4, -0.2) is 35.0 Å².